The third kappa shape index (κ3) is 6.69. The molecular weight excluding hydrogens is 444 g/mol. The summed E-state index contributed by atoms with van der Waals surface area (Å²) in [5, 5.41) is 21.4. The molecule has 0 N–H and O–H groups in total. The Bertz CT molecular complexity index is 1180. The Morgan fingerprint density at radius 3 is 1.29 bits per heavy atom. The smallest absolute Gasteiger partial charge is 0.336 e. The first-order valence-electron chi connectivity index (χ1n) is 9.69. The highest BCUT2D eigenvalue weighted by Gasteiger charge is 2.11. The molecule has 3 aromatic carbocycles. The largest absolute Gasteiger partial charge is 0.419 e. The molecule has 3 aromatic rings. The Labute approximate surface area is 192 Å². The van der Waals surface area contributed by atoms with Crippen LogP contribution in [0.4, 0.5) is 11.4 Å². The first-order valence-corrected chi connectivity index (χ1v) is 9.69. The highest BCUT2D eigenvalue weighted by atomic mass is 16.6. The number of nitro groups is 2. The zero-order chi connectivity index (χ0) is 24.5. The van der Waals surface area contributed by atoms with Gasteiger partial charge in [-0.1, -0.05) is 12.1 Å². The quantitative estimate of drug-likeness (QED) is 0.154. The van der Waals surface area contributed by atoms with E-state index in [2.05, 4.69) is 0 Å². The minimum atomic E-state index is -0.747. The van der Waals surface area contributed by atoms with Crippen LogP contribution in [0.15, 0.2) is 84.9 Å². The molecule has 0 aromatic heterocycles. The van der Waals surface area contributed by atoms with Gasteiger partial charge in [0.25, 0.3) is 11.4 Å². The number of hydrogen-bond acceptors (Lipinski definition) is 8. The molecule has 10 heteroatoms. The maximum atomic E-state index is 12.2. The zero-order valence-corrected chi connectivity index (χ0v) is 17.4. The summed E-state index contributed by atoms with van der Waals surface area (Å²) in [6.45, 7) is 0. The average Bonchev–Trinajstić information content (AvgIpc) is 2.83. The SMILES string of the molecule is O=C(/C=C/c1ccc([N+](=O)[O-])cc1)Oc1ccccc1OC(=O)/C=C/c1ccc([N+](=O)[O-])cc1. The molecule has 0 atom stereocenters. The van der Waals surface area contributed by atoms with Crippen molar-refractivity contribution in [2.75, 3.05) is 0 Å². The average molecular weight is 460 g/mol. The Morgan fingerprint density at radius 2 is 0.971 bits per heavy atom. The van der Waals surface area contributed by atoms with Gasteiger partial charge in [0.15, 0.2) is 11.5 Å². The molecule has 0 aliphatic carbocycles. The summed E-state index contributed by atoms with van der Waals surface area (Å²) in [6.07, 6.45) is 5.11. The van der Waals surface area contributed by atoms with Crippen molar-refractivity contribution in [3.63, 3.8) is 0 Å². The predicted molar refractivity (Wildman–Crippen MR) is 122 cm³/mol. The highest BCUT2D eigenvalue weighted by molar-refractivity contribution is 5.91. The summed E-state index contributed by atoms with van der Waals surface area (Å²) in [7, 11) is 0. The van der Waals surface area contributed by atoms with Crippen LogP contribution in [0, 0.1) is 20.2 Å². The van der Waals surface area contributed by atoms with Crippen molar-refractivity contribution >= 4 is 35.5 Å². The summed E-state index contributed by atoms with van der Waals surface area (Å²) in [5.74, 6) is -1.47. The number of non-ortho nitro benzene ring substituents is 2. The van der Waals surface area contributed by atoms with Crippen molar-refractivity contribution < 1.29 is 28.9 Å². The molecule has 0 saturated carbocycles. The number of rotatable bonds is 8. The summed E-state index contributed by atoms with van der Waals surface area (Å²) in [5.41, 5.74) is 0.966. The lowest BCUT2D eigenvalue weighted by Crippen LogP contribution is -2.08. The molecule has 0 aliphatic heterocycles. The minimum Gasteiger partial charge on any atom is -0.419 e. The lowest BCUT2D eigenvalue weighted by Gasteiger charge is -2.08. The molecule has 34 heavy (non-hydrogen) atoms. The van der Waals surface area contributed by atoms with E-state index < -0.39 is 21.8 Å². The van der Waals surface area contributed by atoms with Crippen LogP contribution in [0.2, 0.25) is 0 Å². The van der Waals surface area contributed by atoms with E-state index in [0.29, 0.717) is 11.1 Å². The first kappa shape index (κ1) is 23.5. The van der Waals surface area contributed by atoms with E-state index in [1.807, 2.05) is 0 Å². The van der Waals surface area contributed by atoms with E-state index in [0.717, 1.165) is 12.2 Å². The number of hydrogen-bond donors (Lipinski definition) is 0. The molecule has 0 amide bonds. The second kappa shape index (κ2) is 11.0. The number of esters is 2. The number of ether oxygens (including phenoxy) is 2. The van der Waals surface area contributed by atoms with Crippen LogP contribution in [-0.4, -0.2) is 21.8 Å². The maximum absolute atomic E-state index is 12.2. The van der Waals surface area contributed by atoms with Gasteiger partial charge in [0, 0.05) is 36.4 Å². The van der Waals surface area contributed by atoms with Crippen LogP contribution in [0.25, 0.3) is 12.2 Å². The fourth-order valence-electron chi connectivity index (χ4n) is 2.65. The summed E-state index contributed by atoms with van der Waals surface area (Å²) in [4.78, 5) is 44.7. The van der Waals surface area contributed by atoms with Gasteiger partial charge in [-0.15, -0.1) is 0 Å². The van der Waals surface area contributed by atoms with Gasteiger partial charge >= 0.3 is 11.9 Å². The number of nitrogens with zero attached hydrogens (tertiary/aromatic N) is 2. The van der Waals surface area contributed by atoms with E-state index in [1.165, 1.54) is 72.8 Å². The lowest BCUT2D eigenvalue weighted by atomic mass is 10.2. The van der Waals surface area contributed by atoms with Crippen molar-refractivity contribution in [3.05, 3.63) is 116 Å². The summed E-state index contributed by atoms with van der Waals surface area (Å²) >= 11 is 0. The van der Waals surface area contributed by atoms with Gasteiger partial charge in [-0.25, -0.2) is 9.59 Å². The van der Waals surface area contributed by atoms with Crippen LogP contribution in [0.3, 0.4) is 0 Å². The predicted octanol–water partition coefficient (Wildman–Crippen LogP) is 4.74. The van der Waals surface area contributed by atoms with E-state index in [9.17, 15) is 29.8 Å². The highest BCUT2D eigenvalue weighted by Crippen LogP contribution is 2.27. The minimum absolute atomic E-state index is 0.0120. The van der Waals surface area contributed by atoms with Crippen LogP contribution in [0.5, 0.6) is 11.5 Å². The van der Waals surface area contributed by atoms with Gasteiger partial charge in [-0.2, -0.15) is 0 Å². The maximum Gasteiger partial charge on any atom is 0.336 e. The Balaban J connectivity index is 1.62. The van der Waals surface area contributed by atoms with Gasteiger partial charge in [0.1, 0.15) is 0 Å². The van der Waals surface area contributed by atoms with Gasteiger partial charge in [0.2, 0.25) is 0 Å². The second-order valence-corrected chi connectivity index (χ2v) is 6.65. The molecular formula is C24H16N2O8. The molecule has 3 rings (SSSR count). The van der Waals surface area contributed by atoms with Crippen molar-refractivity contribution in [2.24, 2.45) is 0 Å². The Kier molecular flexibility index (Phi) is 7.59. The van der Waals surface area contributed by atoms with Gasteiger partial charge < -0.3 is 9.47 Å². The number of carbonyl (C=O) groups is 2. The van der Waals surface area contributed by atoms with Crippen LogP contribution >= 0.6 is 0 Å². The van der Waals surface area contributed by atoms with Gasteiger partial charge in [0.05, 0.1) is 9.85 Å². The van der Waals surface area contributed by atoms with E-state index in [1.54, 1.807) is 12.1 Å². The molecule has 0 aliphatic rings. The number of carbonyl (C=O) groups excluding carboxylic acids is 2. The molecule has 0 unspecified atom stereocenters. The number of benzene rings is 3. The van der Waals surface area contributed by atoms with E-state index in [-0.39, 0.29) is 22.9 Å². The van der Waals surface area contributed by atoms with Crippen molar-refractivity contribution in [1.82, 2.24) is 0 Å². The molecule has 0 spiro atoms. The summed E-state index contributed by atoms with van der Waals surface area (Å²) in [6, 6.07) is 17.2. The topological polar surface area (TPSA) is 139 Å². The monoisotopic (exact) mass is 460 g/mol. The van der Waals surface area contributed by atoms with E-state index in [4.69, 9.17) is 9.47 Å². The normalized spacial score (nSPS) is 10.8. The standard InChI is InChI=1S/C24H16N2O8/c27-23(15-9-17-5-11-19(12-6-17)25(29)30)33-21-3-1-2-4-22(21)34-24(28)16-10-18-7-13-20(14-8-18)26(31)32/h1-16H/b15-9+,16-10+. The van der Waals surface area contributed by atoms with Crippen molar-refractivity contribution in [1.29, 1.82) is 0 Å². The van der Waals surface area contributed by atoms with Gasteiger partial charge in [-0.3, -0.25) is 20.2 Å². The molecule has 0 radical (unpaired) electrons. The fourth-order valence-corrected chi connectivity index (χ4v) is 2.65. The Hall–Kier alpha value is -5.12. The molecule has 0 fully saturated rings. The molecule has 0 heterocycles. The fraction of sp³-hybridized carbons (Fsp3) is 0. The van der Waals surface area contributed by atoms with Crippen molar-refractivity contribution in [3.8, 4) is 11.5 Å². The molecule has 0 saturated heterocycles. The summed E-state index contributed by atoms with van der Waals surface area (Å²) < 4.78 is 10.5. The molecule has 170 valence electrons. The first-order chi connectivity index (χ1) is 16.3. The number of nitro benzene ring substituents is 2. The third-order valence-electron chi connectivity index (χ3n) is 4.30. The Morgan fingerprint density at radius 1 is 0.618 bits per heavy atom. The third-order valence-corrected chi connectivity index (χ3v) is 4.30. The zero-order valence-electron chi connectivity index (χ0n) is 17.4. The van der Waals surface area contributed by atoms with E-state index >= 15 is 0 Å². The van der Waals surface area contributed by atoms with Gasteiger partial charge in [-0.05, 0) is 59.7 Å². The second-order valence-electron chi connectivity index (χ2n) is 6.65. The number of para-hydroxylation sites is 2. The molecule has 0 bridgehead atoms. The van der Waals surface area contributed by atoms with Crippen LogP contribution in [-0.2, 0) is 9.59 Å². The van der Waals surface area contributed by atoms with Crippen LogP contribution in [0.1, 0.15) is 11.1 Å². The molecule has 10 nitrogen and oxygen atoms in total. The lowest BCUT2D eigenvalue weighted by molar-refractivity contribution is -0.385. The van der Waals surface area contributed by atoms with Crippen LogP contribution < -0.4 is 9.47 Å². The van der Waals surface area contributed by atoms with Crippen molar-refractivity contribution in [2.45, 2.75) is 0 Å².